The number of nitrogens with zero attached hydrogens (tertiary/aromatic N) is 5. The van der Waals surface area contributed by atoms with Crippen molar-refractivity contribution >= 4 is 0 Å². The Morgan fingerprint density at radius 1 is 1.12 bits per heavy atom. The second-order valence-corrected chi connectivity index (χ2v) is 6.99. The molecule has 6 nitrogen and oxygen atoms in total. The molecule has 0 radical (unpaired) electrons. The molecule has 0 N–H and O–H groups in total. The molecular formula is C18H25N5O. The number of rotatable bonds is 6. The van der Waals surface area contributed by atoms with Gasteiger partial charge in [-0.15, -0.1) is 5.10 Å². The van der Waals surface area contributed by atoms with Crippen LogP contribution in [0.2, 0.25) is 0 Å². The van der Waals surface area contributed by atoms with Crippen molar-refractivity contribution in [1.82, 2.24) is 25.1 Å². The quantitative estimate of drug-likeness (QED) is 0.816. The highest BCUT2D eigenvalue weighted by Crippen LogP contribution is 2.36. The lowest BCUT2D eigenvalue weighted by Crippen LogP contribution is -2.38. The number of aromatic nitrogens is 4. The smallest absolute Gasteiger partial charge is 0.168 e. The fourth-order valence-electron chi connectivity index (χ4n) is 3.46. The lowest BCUT2D eigenvalue weighted by molar-refractivity contribution is 0.108. The molecule has 1 aromatic carbocycles. The molecule has 0 bridgehead atoms. The lowest BCUT2D eigenvalue weighted by atomic mass is 9.96. The van der Waals surface area contributed by atoms with Gasteiger partial charge in [-0.1, -0.05) is 18.2 Å². The molecule has 1 aliphatic heterocycles. The van der Waals surface area contributed by atoms with Crippen molar-refractivity contribution in [2.75, 3.05) is 19.7 Å². The Kier molecular flexibility index (Phi) is 4.47. The normalized spacial score (nSPS) is 20.9. The first-order valence-electron chi connectivity index (χ1n) is 9.01. The molecule has 1 atom stereocenters. The van der Waals surface area contributed by atoms with Gasteiger partial charge in [-0.25, -0.2) is 4.68 Å². The van der Waals surface area contributed by atoms with E-state index in [0.717, 1.165) is 31.3 Å². The summed E-state index contributed by atoms with van der Waals surface area (Å²) in [6, 6.07) is 10.9. The minimum atomic E-state index is 0.289. The summed E-state index contributed by atoms with van der Waals surface area (Å²) in [7, 11) is 0. The Balaban J connectivity index is 1.28. The number of piperidine rings is 1. The predicted molar refractivity (Wildman–Crippen MR) is 90.7 cm³/mol. The molecule has 4 rings (SSSR count). The van der Waals surface area contributed by atoms with Crippen LogP contribution in [0.5, 0.6) is 5.75 Å². The number of likely N-dealkylation sites (tertiary alicyclic amines) is 1. The maximum Gasteiger partial charge on any atom is 0.168 e. The summed E-state index contributed by atoms with van der Waals surface area (Å²) in [5.41, 5.74) is 0. The molecule has 2 aliphatic rings. The Hall–Kier alpha value is -1.95. The number of para-hydroxylation sites is 1. The molecule has 0 unspecified atom stereocenters. The molecule has 0 amide bonds. The average Bonchev–Trinajstić information content (AvgIpc) is 3.37. The largest absolute Gasteiger partial charge is 0.493 e. The molecule has 1 aromatic heterocycles. The SMILES string of the molecule is C[C@H](c1nnnn1C1CC1)N1CCC(COc2ccccc2)CC1. The topological polar surface area (TPSA) is 56.1 Å². The van der Waals surface area contributed by atoms with Gasteiger partial charge in [-0.05, 0) is 74.2 Å². The molecule has 6 heteroatoms. The first kappa shape index (κ1) is 15.6. The van der Waals surface area contributed by atoms with E-state index >= 15 is 0 Å². The molecule has 24 heavy (non-hydrogen) atoms. The van der Waals surface area contributed by atoms with Gasteiger partial charge in [0.1, 0.15) is 5.75 Å². The monoisotopic (exact) mass is 327 g/mol. The summed E-state index contributed by atoms with van der Waals surface area (Å²) in [5.74, 6) is 2.63. The minimum absolute atomic E-state index is 0.289. The number of tetrazole rings is 1. The van der Waals surface area contributed by atoms with Gasteiger partial charge in [0.2, 0.25) is 0 Å². The number of hydrogen-bond donors (Lipinski definition) is 0. The van der Waals surface area contributed by atoms with E-state index in [4.69, 9.17) is 4.74 Å². The summed E-state index contributed by atoms with van der Waals surface area (Å²) in [6.45, 7) is 5.21. The van der Waals surface area contributed by atoms with Crippen LogP contribution in [-0.2, 0) is 0 Å². The third kappa shape index (κ3) is 3.43. The van der Waals surface area contributed by atoms with E-state index in [1.807, 2.05) is 35.0 Å². The van der Waals surface area contributed by atoms with Crippen LogP contribution >= 0.6 is 0 Å². The van der Waals surface area contributed by atoms with Crippen molar-refractivity contribution in [3.05, 3.63) is 36.2 Å². The Bertz CT molecular complexity index is 646. The van der Waals surface area contributed by atoms with Crippen molar-refractivity contribution < 1.29 is 4.74 Å². The molecule has 2 heterocycles. The van der Waals surface area contributed by atoms with Gasteiger partial charge in [0.15, 0.2) is 5.82 Å². The highest BCUT2D eigenvalue weighted by Gasteiger charge is 2.32. The highest BCUT2D eigenvalue weighted by molar-refractivity contribution is 5.20. The Morgan fingerprint density at radius 3 is 2.58 bits per heavy atom. The molecule has 1 saturated carbocycles. The van der Waals surface area contributed by atoms with Gasteiger partial charge in [-0.3, -0.25) is 4.90 Å². The first-order valence-corrected chi connectivity index (χ1v) is 9.01. The van der Waals surface area contributed by atoms with E-state index in [1.54, 1.807) is 0 Å². The summed E-state index contributed by atoms with van der Waals surface area (Å²) in [4.78, 5) is 2.50. The van der Waals surface area contributed by atoms with E-state index in [9.17, 15) is 0 Å². The second kappa shape index (κ2) is 6.89. The Labute approximate surface area is 142 Å². The number of benzene rings is 1. The van der Waals surface area contributed by atoms with E-state index in [0.29, 0.717) is 12.0 Å². The molecular weight excluding hydrogens is 302 g/mol. The van der Waals surface area contributed by atoms with Gasteiger partial charge in [0, 0.05) is 0 Å². The summed E-state index contributed by atoms with van der Waals surface area (Å²) in [6.07, 6.45) is 4.76. The second-order valence-electron chi connectivity index (χ2n) is 6.99. The van der Waals surface area contributed by atoms with E-state index in [-0.39, 0.29) is 6.04 Å². The van der Waals surface area contributed by atoms with Crippen LogP contribution in [0.3, 0.4) is 0 Å². The molecule has 1 aliphatic carbocycles. The van der Waals surface area contributed by atoms with Crippen molar-refractivity contribution in [3.8, 4) is 5.75 Å². The Morgan fingerprint density at radius 2 is 1.88 bits per heavy atom. The molecule has 128 valence electrons. The van der Waals surface area contributed by atoms with Crippen LogP contribution in [0.4, 0.5) is 0 Å². The maximum absolute atomic E-state index is 5.92. The summed E-state index contributed by atoms with van der Waals surface area (Å²) < 4.78 is 7.95. The van der Waals surface area contributed by atoms with Crippen molar-refractivity contribution in [2.24, 2.45) is 5.92 Å². The third-order valence-electron chi connectivity index (χ3n) is 5.21. The fraction of sp³-hybridized carbons (Fsp3) is 0.611. The van der Waals surface area contributed by atoms with Crippen molar-refractivity contribution in [3.63, 3.8) is 0 Å². The predicted octanol–water partition coefficient (Wildman–Crippen LogP) is 2.86. The van der Waals surface area contributed by atoms with Gasteiger partial charge < -0.3 is 4.74 Å². The van der Waals surface area contributed by atoms with Crippen molar-refractivity contribution in [2.45, 2.75) is 44.7 Å². The first-order chi connectivity index (χ1) is 11.8. The molecule has 1 saturated heterocycles. The van der Waals surface area contributed by atoms with Gasteiger partial charge >= 0.3 is 0 Å². The fourth-order valence-corrected chi connectivity index (χ4v) is 3.46. The lowest BCUT2D eigenvalue weighted by Gasteiger charge is -2.35. The van der Waals surface area contributed by atoms with Crippen LogP contribution in [0, 0.1) is 5.92 Å². The minimum Gasteiger partial charge on any atom is -0.493 e. The third-order valence-corrected chi connectivity index (χ3v) is 5.21. The summed E-state index contributed by atoms with van der Waals surface area (Å²) >= 11 is 0. The average molecular weight is 327 g/mol. The zero-order valence-electron chi connectivity index (χ0n) is 14.2. The van der Waals surface area contributed by atoms with Crippen LogP contribution in [-0.4, -0.2) is 44.8 Å². The maximum atomic E-state index is 5.92. The van der Waals surface area contributed by atoms with Crippen molar-refractivity contribution in [1.29, 1.82) is 0 Å². The van der Waals surface area contributed by atoms with E-state index < -0.39 is 0 Å². The van der Waals surface area contributed by atoms with E-state index in [1.165, 1.54) is 25.7 Å². The molecule has 0 spiro atoms. The molecule has 2 aromatic rings. The summed E-state index contributed by atoms with van der Waals surface area (Å²) in [5, 5.41) is 12.4. The molecule has 2 fully saturated rings. The highest BCUT2D eigenvalue weighted by atomic mass is 16.5. The van der Waals surface area contributed by atoms with Gasteiger partial charge in [0.25, 0.3) is 0 Å². The van der Waals surface area contributed by atoms with E-state index in [2.05, 4.69) is 27.3 Å². The standard InChI is InChI=1S/C18H25N5O/c1-14(18-19-20-21-23(18)16-7-8-16)22-11-9-15(10-12-22)13-24-17-5-3-2-4-6-17/h2-6,14-16H,7-13H2,1H3/t14-/m1/s1. The van der Waals surface area contributed by atoms with Crippen LogP contribution in [0.1, 0.15) is 50.5 Å². The van der Waals surface area contributed by atoms with Gasteiger partial charge in [-0.2, -0.15) is 0 Å². The van der Waals surface area contributed by atoms with Gasteiger partial charge in [0.05, 0.1) is 18.7 Å². The van der Waals surface area contributed by atoms with Crippen LogP contribution in [0.15, 0.2) is 30.3 Å². The number of ether oxygens (including phenoxy) is 1. The van der Waals surface area contributed by atoms with Crippen LogP contribution in [0.25, 0.3) is 0 Å². The number of hydrogen-bond acceptors (Lipinski definition) is 5. The zero-order valence-corrected chi connectivity index (χ0v) is 14.2. The zero-order chi connectivity index (χ0) is 16.4. The van der Waals surface area contributed by atoms with Crippen LogP contribution < -0.4 is 4.74 Å².